The monoisotopic (exact) mass is 342 g/mol. The van der Waals surface area contributed by atoms with Gasteiger partial charge in [-0.3, -0.25) is 0 Å². The summed E-state index contributed by atoms with van der Waals surface area (Å²) >= 11 is 2.00. The van der Waals surface area contributed by atoms with Crippen LogP contribution in [0.15, 0.2) is 0 Å². The zero-order chi connectivity index (χ0) is 17.0. The molecule has 4 unspecified atom stereocenters. The van der Waals surface area contributed by atoms with Gasteiger partial charge in [0.15, 0.2) is 0 Å². The van der Waals surface area contributed by atoms with Crippen LogP contribution in [0.5, 0.6) is 0 Å². The maximum Gasteiger partial charge on any atom is 0.410 e. The van der Waals surface area contributed by atoms with E-state index in [2.05, 4.69) is 18.5 Å². The van der Waals surface area contributed by atoms with E-state index in [4.69, 9.17) is 4.74 Å². The zero-order valence-corrected chi connectivity index (χ0v) is 16.2. The molecule has 1 saturated carbocycles. The molecule has 0 aromatic rings. The Morgan fingerprint density at radius 1 is 1.35 bits per heavy atom. The van der Waals surface area contributed by atoms with Crippen LogP contribution in [0.4, 0.5) is 4.79 Å². The fraction of sp³-hybridized carbons (Fsp3) is 0.944. The summed E-state index contributed by atoms with van der Waals surface area (Å²) in [5.74, 6) is 0. The molecule has 0 spiro atoms. The molecular weight excluding hydrogens is 308 g/mol. The fourth-order valence-electron chi connectivity index (χ4n) is 3.83. The second-order valence-corrected chi connectivity index (χ2v) is 9.28. The quantitative estimate of drug-likeness (QED) is 0.819. The van der Waals surface area contributed by atoms with Crippen molar-refractivity contribution in [1.29, 1.82) is 0 Å². The van der Waals surface area contributed by atoms with Gasteiger partial charge in [-0.2, -0.15) is 11.8 Å². The van der Waals surface area contributed by atoms with Crippen molar-refractivity contribution in [2.75, 3.05) is 12.8 Å². The van der Waals surface area contributed by atoms with Gasteiger partial charge in [0.2, 0.25) is 0 Å². The number of likely N-dealkylation sites (tertiary alicyclic amines) is 1. The lowest BCUT2D eigenvalue weighted by atomic mass is 10.0. The van der Waals surface area contributed by atoms with Crippen LogP contribution in [0.25, 0.3) is 0 Å². The van der Waals surface area contributed by atoms with Crippen molar-refractivity contribution >= 4 is 17.9 Å². The molecule has 0 aromatic carbocycles. The minimum atomic E-state index is -0.412. The highest BCUT2D eigenvalue weighted by atomic mass is 32.2. The molecule has 2 fully saturated rings. The molecule has 4 nitrogen and oxygen atoms in total. The molecule has 1 amide bonds. The summed E-state index contributed by atoms with van der Waals surface area (Å²) in [7, 11) is 0. The molecule has 5 heteroatoms. The first-order chi connectivity index (χ1) is 10.8. The topological polar surface area (TPSA) is 41.6 Å². The Morgan fingerprint density at radius 2 is 2.09 bits per heavy atom. The minimum absolute atomic E-state index is 0.143. The van der Waals surface area contributed by atoms with Gasteiger partial charge in [-0.05, 0) is 72.5 Å². The van der Waals surface area contributed by atoms with Crippen molar-refractivity contribution in [3.05, 3.63) is 0 Å². The summed E-state index contributed by atoms with van der Waals surface area (Å²) < 4.78 is 5.56. The van der Waals surface area contributed by atoms with Gasteiger partial charge in [-0.15, -0.1) is 0 Å². The van der Waals surface area contributed by atoms with E-state index >= 15 is 0 Å². The van der Waals surface area contributed by atoms with E-state index in [-0.39, 0.29) is 6.09 Å². The lowest BCUT2D eigenvalue weighted by Gasteiger charge is -2.30. The van der Waals surface area contributed by atoms with Crippen molar-refractivity contribution in [1.82, 2.24) is 10.2 Å². The highest BCUT2D eigenvalue weighted by Crippen LogP contribution is 2.29. The van der Waals surface area contributed by atoms with Crippen molar-refractivity contribution in [3.8, 4) is 0 Å². The maximum absolute atomic E-state index is 12.4. The van der Waals surface area contributed by atoms with Gasteiger partial charge < -0.3 is 15.0 Å². The first-order valence-corrected chi connectivity index (χ1v) is 10.4. The first-order valence-electron chi connectivity index (χ1n) is 9.07. The SMILES string of the molecule is CSC1CCC(NC(C)CC2CCCN2C(=O)OC(C)(C)C)C1. The van der Waals surface area contributed by atoms with Gasteiger partial charge in [-0.1, -0.05) is 0 Å². The number of carbonyl (C=O) groups is 1. The third-order valence-electron chi connectivity index (χ3n) is 4.87. The van der Waals surface area contributed by atoms with Crippen LogP contribution in [-0.4, -0.2) is 52.8 Å². The number of carbonyl (C=O) groups excluding carboxylic acids is 1. The summed E-state index contributed by atoms with van der Waals surface area (Å²) in [6.45, 7) is 8.90. The normalized spacial score (nSPS) is 29.8. The third-order valence-corrected chi connectivity index (χ3v) is 5.96. The largest absolute Gasteiger partial charge is 0.444 e. The van der Waals surface area contributed by atoms with Crippen molar-refractivity contribution in [2.45, 2.75) is 95.2 Å². The van der Waals surface area contributed by atoms with Crippen LogP contribution in [0.2, 0.25) is 0 Å². The maximum atomic E-state index is 12.4. The molecule has 1 heterocycles. The molecule has 0 radical (unpaired) electrons. The molecular formula is C18H34N2O2S. The van der Waals surface area contributed by atoms with E-state index in [0.29, 0.717) is 18.1 Å². The van der Waals surface area contributed by atoms with Gasteiger partial charge in [0.1, 0.15) is 5.60 Å². The summed E-state index contributed by atoms with van der Waals surface area (Å²) in [4.78, 5) is 14.3. The smallest absolute Gasteiger partial charge is 0.410 e. The van der Waals surface area contributed by atoms with Crippen molar-refractivity contribution < 1.29 is 9.53 Å². The number of ether oxygens (including phenoxy) is 1. The van der Waals surface area contributed by atoms with Crippen LogP contribution >= 0.6 is 11.8 Å². The van der Waals surface area contributed by atoms with Crippen LogP contribution in [0.3, 0.4) is 0 Å². The molecule has 23 heavy (non-hydrogen) atoms. The van der Waals surface area contributed by atoms with E-state index < -0.39 is 5.60 Å². The summed E-state index contributed by atoms with van der Waals surface area (Å²) in [6.07, 6.45) is 9.20. The van der Waals surface area contributed by atoms with Crippen LogP contribution in [0, 0.1) is 0 Å². The predicted molar refractivity (Wildman–Crippen MR) is 98.1 cm³/mol. The van der Waals surface area contributed by atoms with Gasteiger partial charge in [-0.25, -0.2) is 4.79 Å². The lowest BCUT2D eigenvalue weighted by Crippen LogP contribution is -2.44. The standard InChI is InChI=1S/C18H34N2O2S/c1-13(19-14-8-9-16(12-14)23-5)11-15-7-6-10-20(15)17(21)22-18(2,3)4/h13-16,19H,6-12H2,1-5H3. The summed E-state index contributed by atoms with van der Waals surface area (Å²) in [6, 6.07) is 1.43. The average Bonchev–Trinajstić information content (AvgIpc) is 3.05. The number of hydrogen-bond acceptors (Lipinski definition) is 4. The molecule has 1 aliphatic carbocycles. The Labute approximate surface area is 146 Å². The van der Waals surface area contributed by atoms with Crippen LogP contribution in [-0.2, 0) is 4.74 Å². The zero-order valence-electron chi connectivity index (χ0n) is 15.4. The number of hydrogen-bond donors (Lipinski definition) is 1. The highest BCUT2D eigenvalue weighted by molar-refractivity contribution is 7.99. The van der Waals surface area contributed by atoms with Gasteiger partial charge in [0.05, 0.1) is 0 Å². The fourth-order valence-corrected chi connectivity index (χ4v) is 4.62. The number of nitrogens with one attached hydrogen (secondary N) is 1. The Morgan fingerprint density at radius 3 is 2.70 bits per heavy atom. The Bertz CT molecular complexity index is 397. The summed E-state index contributed by atoms with van der Waals surface area (Å²) in [5.41, 5.74) is -0.412. The highest BCUT2D eigenvalue weighted by Gasteiger charge is 2.33. The van der Waals surface area contributed by atoms with Crippen molar-refractivity contribution in [3.63, 3.8) is 0 Å². The number of rotatable bonds is 5. The predicted octanol–water partition coefficient (Wildman–Crippen LogP) is 4.04. The van der Waals surface area contributed by atoms with E-state index in [9.17, 15) is 4.79 Å². The Kier molecular flexibility index (Phi) is 6.66. The van der Waals surface area contributed by atoms with E-state index in [1.165, 1.54) is 19.3 Å². The average molecular weight is 343 g/mol. The minimum Gasteiger partial charge on any atom is -0.444 e. The van der Waals surface area contributed by atoms with E-state index in [1.807, 2.05) is 37.4 Å². The second-order valence-electron chi connectivity index (χ2n) is 8.14. The summed E-state index contributed by atoms with van der Waals surface area (Å²) in [5, 5.41) is 4.61. The van der Waals surface area contributed by atoms with E-state index in [1.54, 1.807) is 0 Å². The molecule has 134 valence electrons. The van der Waals surface area contributed by atoms with Crippen LogP contribution < -0.4 is 5.32 Å². The molecule has 4 atom stereocenters. The second kappa shape index (κ2) is 8.11. The third kappa shape index (κ3) is 5.86. The van der Waals surface area contributed by atoms with Gasteiger partial charge in [0, 0.05) is 29.9 Å². The number of thioether (sulfide) groups is 1. The molecule has 1 N–H and O–H groups in total. The molecule has 1 aliphatic heterocycles. The number of nitrogens with zero attached hydrogens (tertiary/aromatic N) is 1. The van der Waals surface area contributed by atoms with Gasteiger partial charge >= 0.3 is 6.09 Å². The Hall–Kier alpha value is -0.420. The van der Waals surface area contributed by atoms with Crippen molar-refractivity contribution in [2.24, 2.45) is 0 Å². The first kappa shape index (κ1) is 18.9. The Balaban J connectivity index is 1.80. The molecule has 0 aromatic heterocycles. The van der Waals surface area contributed by atoms with Gasteiger partial charge in [0.25, 0.3) is 0 Å². The molecule has 2 rings (SSSR count). The molecule has 0 bridgehead atoms. The molecule has 2 aliphatic rings. The number of amides is 1. The molecule has 1 saturated heterocycles. The van der Waals surface area contributed by atoms with E-state index in [0.717, 1.165) is 31.1 Å². The van der Waals surface area contributed by atoms with Crippen LogP contribution in [0.1, 0.15) is 66.2 Å². The lowest BCUT2D eigenvalue weighted by molar-refractivity contribution is 0.0214.